The Balaban J connectivity index is 2.04. The topological polar surface area (TPSA) is 32.3 Å². The Hall–Kier alpha value is -0.730. The van der Waals surface area contributed by atoms with E-state index in [2.05, 4.69) is 28.9 Å². The minimum absolute atomic E-state index is 0.904. The van der Waals surface area contributed by atoms with E-state index >= 15 is 0 Å². The van der Waals surface area contributed by atoms with Gasteiger partial charge in [0.05, 0.1) is 5.69 Å². The molecule has 2 aliphatic rings. The van der Waals surface area contributed by atoms with Crippen LogP contribution in [0.15, 0.2) is 0 Å². The second kappa shape index (κ2) is 3.94. The number of nitrogens with zero attached hydrogens (tertiary/aromatic N) is 4. The Kier molecular flexibility index (Phi) is 2.56. The lowest BCUT2D eigenvalue weighted by Gasteiger charge is -2.19. The van der Waals surface area contributed by atoms with Crippen LogP contribution in [0.3, 0.4) is 0 Å². The highest BCUT2D eigenvalue weighted by molar-refractivity contribution is 7.13. The number of fused-ring (bicyclic) bond motifs is 1. The fourth-order valence-electron chi connectivity index (χ4n) is 2.57. The van der Waals surface area contributed by atoms with Gasteiger partial charge in [-0.3, -0.25) is 4.67 Å². The summed E-state index contributed by atoms with van der Waals surface area (Å²) < 4.78 is 2.22. The van der Waals surface area contributed by atoms with E-state index in [1.54, 1.807) is 0 Å². The number of hydrogen-bond donors (Lipinski definition) is 0. The van der Waals surface area contributed by atoms with Crippen LogP contribution in [0.1, 0.15) is 29.9 Å². The molecular weight excluding hydrogens is 219 g/mol. The van der Waals surface area contributed by atoms with Crippen LogP contribution in [0.5, 0.6) is 0 Å². The quantitative estimate of drug-likeness (QED) is 0.691. The third kappa shape index (κ3) is 1.70. The third-order valence-corrected chi connectivity index (χ3v) is 3.67. The second-order valence-corrected chi connectivity index (χ2v) is 5.35. The van der Waals surface area contributed by atoms with Gasteiger partial charge in [-0.1, -0.05) is 9.39 Å². The molecular formula is C11H17N4P. The summed E-state index contributed by atoms with van der Waals surface area (Å²) >= 11 is 0. The molecule has 16 heavy (non-hydrogen) atoms. The van der Waals surface area contributed by atoms with E-state index in [-0.39, 0.29) is 0 Å². The summed E-state index contributed by atoms with van der Waals surface area (Å²) in [6, 6.07) is 0. The Labute approximate surface area is 98.3 Å². The zero-order valence-corrected chi connectivity index (χ0v) is 10.8. The molecule has 5 heteroatoms. The lowest BCUT2D eigenvalue weighted by Crippen LogP contribution is -2.21. The highest BCUT2D eigenvalue weighted by atomic mass is 31.0. The molecule has 2 aliphatic heterocycles. The van der Waals surface area contributed by atoms with Gasteiger partial charge < -0.3 is 4.90 Å². The molecule has 0 saturated carbocycles. The van der Waals surface area contributed by atoms with Crippen LogP contribution in [0.2, 0.25) is 0 Å². The average Bonchev–Trinajstić information content (AvgIpc) is 2.83. The van der Waals surface area contributed by atoms with E-state index in [4.69, 9.17) is 0 Å². The molecule has 1 fully saturated rings. The number of rotatable bonds is 1. The molecule has 86 valence electrons. The van der Waals surface area contributed by atoms with Gasteiger partial charge in [0.1, 0.15) is 11.6 Å². The van der Waals surface area contributed by atoms with Crippen molar-refractivity contribution in [3.63, 3.8) is 0 Å². The SMILES string of the molecule is Cc1nc2c(c(N3CCCC3)n1)CN(P)C2. The van der Waals surface area contributed by atoms with Gasteiger partial charge in [-0.05, 0) is 19.8 Å². The third-order valence-electron chi connectivity index (χ3n) is 3.30. The van der Waals surface area contributed by atoms with Crippen molar-refractivity contribution in [2.45, 2.75) is 32.9 Å². The molecule has 1 aromatic heterocycles. The molecule has 0 amide bonds. The van der Waals surface area contributed by atoms with Crippen molar-refractivity contribution < 1.29 is 0 Å². The molecule has 0 spiro atoms. The predicted octanol–water partition coefficient (Wildman–Crippen LogP) is 1.49. The molecule has 0 bridgehead atoms. The number of aryl methyl sites for hydroxylation is 1. The normalized spacial score (nSPS) is 20.5. The smallest absolute Gasteiger partial charge is 0.137 e. The molecule has 4 nitrogen and oxygen atoms in total. The first kappa shape index (κ1) is 10.4. The van der Waals surface area contributed by atoms with Crippen LogP contribution in [-0.2, 0) is 13.1 Å². The zero-order chi connectivity index (χ0) is 11.1. The Morgan fingerprint density at radius 2 is 1.88 bits per heavy atom. The maximum atomic E-state index is 4.64. The Morgan fingerprint density at radius 3 is 2.62 bits per heavy atom. The summed E-state index contributed by atoms with van der Waals surface area (Å²) in [5.41, 5.74) is 2.55. The lowest BCUT2D eigenvalue weighted by molar-refractivity contribution is 0.504. The van der Waals surface area contributed by atoms with Crippen molar-refractivity contribution in [3.8, 4) is 0 Å². The monoisotopic (exact) mass is 236 g/mol. The summed E-state index contributed by atoms with van der Waals surface area (Å²) in [7, 11) is 2.76. The van der Waals surface area contributed by atoms with Crippen LogP contribution >= 0.6 is 9.39 Å². The van der Waals surface area contributed by atoms with Gasteiger partial charge in [-0.25, -0.2) is 9.97 Å². The predicted molar refractivity (Wildman–Crippen MR) is 67.2 cm³/mol. The van der Waals surface area contributed by atoms with Gasteiger partial charge in [0, 0.05) is 31.7 Å². The van der Waals surface area contributed by atoms with E-state index in [0.29, 0.717) is 0 Å². The first-order valence-corrected chi connectivity index (χ1v) is 6.36. The fourth-order valence-corrected chi connectivity index (χ4v) is 2.93. The van der Waals surface area contributed by atoms with Crippen LogP contribution in [-0.4, -0.2) is 27.7 Å². The summed E-state index contributed by atoms with van der Waals surface area (Å²) in [6.07, 6.45) is 2.59. The zero-order valence-electron chi connectivity index (χ0n) is 9.61. The summed E-state index contributed by atoms with van der Waals surface area (Å²) in [6.45, 7) is 6.20. The molecule has 0 aromatic carbocycles. The van der Waals surface area contributed by atoms with E-state index in [0.717, 1.165) is 32.0 Å². The molecule has 3 rings (SSSR count). The van der Waals surface area contributed by atoms with Crippen LogP contribution in [0, 0.1) is 6.92 Å². The molecule has 0 aliphatic carbocycles. The highest BCUT2D eigenvalue weighted by Crippen LogP contribution is 2.32. The van der Waals surface area contributed by atoms with Gasteiger partial charge in [0.2, 0.25) is 0 Å². The van der Waals surface area contributed by atoms with E-state index in [1.165, 1.54) is 29.9 Å². The number of aromatic nitrogens is 2. The van der Waals surface area contributed by atoms with E-state index in [1.807, 2.05) is 6.92 Å². The lowest BCUT2D eigenvalue weighted by atomic mass is 10.2. The van der Waals surface area contributed by atoms with Crippen LogP contribution in [0.4, 0.5) is 5.82 Å². The molecule has 1 atom stereocenters. The van der Waals surface area contributed by atoms with Gasteiger partial charge in [0.25, 0.3) is 0 Å². The molecule has 0 radical (unpaired) electrons. The fraction of sp³-hybridized carbons (Fsp3) is 0.636. The molecule has 1 unspecified atom stereocenters. The van der Waals surface area contributed by atoms with Gasteiger partial charge in [-0.15, -0.1) is 0 Å². The Bertz CT molecular complexity index is 415. The standard InChI is InChI=1S/C11H17N4P/c1-8-12-10-7-15(16)6-9(10)11(13-8)14-4-2-3-5-14/h2-7,16H2,1H3. The number of anilines is 1. The van der Waals surface area contributed by atoms with Crippen molar-refractivity contribution in [3.05, 3.63) is 17.1 Å². The van der Waals surface area contributed by atoms with Crippen LogP contribution < -0.4 is 4.90 Å². The van der Waals surface area contributed by atoms with Gasteiger partial charge >= 0.3 is 0 Å². The summed E-state index contributed by atoms with van der Waals surface area (Å²) in [5.74, 6) is 2.09. The Morgan fingerprint density at radius 1 is 1.12 bits per heavy atom. The molecule has 3 heterocycles. The first-order valence-electron chi connectivity index (χ1n) is 5.85. The minimum atomic E-state index is 0.904. The average molecular weight is 236 g/mol. The molecule has 1 saturated heterocycles. The van der Waals surface area contributed by atoms with E-state index in [9.17, 15) is 0 Å². The maximum absolute atomic E-state index is 4.64. The highest BCUT2D eigenvalue weighted by Gasteiger charge is 2.26. The first-order chi connectivity index (χ1) is 7.74. The van der Waals surface area contributed by atoms with E-state index < -0.39 is 0 Å². The van der Waals surface area contributed by atoms with Gasteiger partial charge in [0.15, 0.2) is 0 Å². The summed E-state index contributed by atoms with van der Waals surface area (Å²) in [4.78, 5) is 11.6. The maximum Gasteiger partial charge on any atom is 0.137 e. The summed E-state index contributed by atoms with van der Waals surface area (Å²) in [5, 5.41) is 0. The van der Waals surface area contributed by atoms with Crippen molar-refractivity contribution in [1.29, 1.82) is 0 Å². The molecule has 0 N–H and O–H groups in total. The minimum Gasteiger partial charge on any atom is -0.356 e. The largest absolute Gasteiger partial charge is 0.356 e. The second-order valence-electron chi connectivity index (χ2n) is 4.62. The number of hydrogen-bond acceptors (Lipinski definition) is 4. The van der Waals surface area contributed by atoms with Crippen molar-refractivity contribution in [1.82, 2.24) is 14.6 Å². The van der Waals surface area contributed by atoms with Crippen molar-refractivity contribution >= 4 is 15.2 Å². The van der Waals surface area contributed by atoms with Gasteiger partial charge in [-0.2, -0.15) is 0 Å². The molecule has 1 aromatic rings. The van der Waals surface area contributed by atoms with Crippen molar-refractivity contribution in [2.24, 2.45) is 0 Å². The van der Waals surface area contributed by atoms with Crippen LogP contribution in [0.25, 0.3) is 0 Å². The van der Waals surface area contributed by atoms with Crippen molar-refractivity contribution in [2.75, 3.05) is 18.0 Å².